The highest BCUT2D eigenvalue weighted by Gasteiger charge is 2.09. The third-order valence-electron chi connectivity index (χ3n) is 3.54. The van der Waals surface area contributed by atoms with Crippen molar-refractivity contribution < 1.29 is 14.4 Å². The molecule has 0 bridgehead atoms. The molecule has 1 aromatic heterocycles. The number of anilines is 1. The first-order valence-electron chi connectivity index (χ1n) is 7.94. The molecular formula is C17H23N3O3. The molecule has 0 aliphatic rings. The smallest absolute Gasteiger partial charge is 0.226 e. The number of aromatic nitrogens is 2. The van der Waals surface area contributed by atoms with Gasteiger partial charge in [-0.25, -0.2) is 0 Å². The molecule has 0 saturated carbocycles. The third-order valence-corrected chi connectivity index (χ3v) is 3.54. The molecular weight excluding hydrogens is 294 g/mol. The second-order valence-corrected chi connectivity index (χ2v) is 5.56. The highest BCUT2D eigenvalue weighted by Crippen LogP contribution is 2.17. The largest absolute Gasteiger partial charge is 0.392 e. The van der Waals surface area contributed by atoms with Gasteiger partial charge in [0.2, 0.25) is 11.8 Å². The van der Waals surface area contributed by atoms with E-state index in [0.717, 1.165) is 35.5 Å². The van der Waals surface area contributed by atoms with Gasteiger partial charge < -0.3 is 14.9 Å². The number of carbonyl (C=O) groups excluding carboxylic acids is 1. The maximum Gasteiger partial charge on any atom is 0.226 e. The molecule has 0 saturated heterocycles. The van der Waals surface area contributed by atoms with Gasteiger partial charge in [-0.3, -0.25) is 4.79 Å². The minimum Gasteiger partial charge on any atom is -0.392 e. The third kappa shape index (κ3) is 5.17. The van der Waals surface area contributed by atoms with E-state index in [2.05, 4.69) is 22.4 Å². The van der Waals surface area contributed by atoms with Gasteiger partial charge in [-0.05, 0) is 37.0 Å². The summed E-state index contributed by atoms with van der Waals surface area (Å²) in [6, 6.07) is 5.52. The van der Waals surface area contributed by atoms with E-state index in [4.69, 9.17) is 9.63 Å². The molecule has 0 unspecified atom stereocenters. The van der Waals surface area contributed by atoms with Gasteiger partial charge in [0.1, 0.15) is 0 Å². The first-order valence-corrected chi connectivity index (χ1v) is 7.94. The number of aliphatic hydroxyl groups is 1. The SMILES string of the molecule is CCCc1noc(CCCC(=O)Nc2cc(CO)ccc2C)n1. The Morgan fingerprint density at radius 1 is 1.35 bits per heavy atom. The second-order valence-electron chi connectivity index (χ2n) is 5.56. The molecule has 6 nitrogen and oxygen atoms in total. The lowest BCUT2D eigenvalue weighted by Gasteiger charge is -2.09. The number of amides is 1. The highest BCUT2D eigenvalue weighted by atomic mass is 16.5. The lowest BCUT2D eigenvalue weighted by molar-refractivity contribution is -0.116. The van der Waals surface area contributed by atoms with Gasteiger partial charge in [-0.1, -0.05) is 24.2 Å². The number of aliphatic hydroxyl groups excluding tert-OH is 1. The van der Waals surface area contributed by atoms with Crippen LogP contribution in [0.5, 0.6) is 0 Å². The van der Waals surface area contributed by atoms with Gasteiger partial charge in [-0.15, -0.1) is 0 Å². The topological polar surface area (TPSA) is 88.2 Å². The molecule has 0 spiro atoms. The van der Waals surface area contributed by atoms with E-state index in [9.17, 15) is 4.79 Å². The molecule has 0 radical (unpaired) electrons. The van der Waals surface area contributed by atoms with Crippen LogP contribution < -0.4 is 5.32 Å². The van der Waals surface area contributed by atoms with Crippen molar-refractivity contribution in [2.75, 3.05) is 5.32 Å². The molecule has 0 aliphatic heterocycles. The van der Waals surface area contributed by atoms with Crippen molar-refractivity contribution in [2.45, 2.75) is 52.6 Å². The molecule has 2 aromatic rings. The fraction of sp³-hybridized carbons (Fsp3) is 0.471. The number of nitrogens with zero attached hydrogens (tertiary/aromatic N) is 2. The van der Waals surface area contributed by atoms with Crippen LogP contribution in [0.2, 0.25) is 0 Å². The Labute approximate surface area is 135 Å². The van der Waals surface area contributed by atoms with E-state index in [1.807, 2.05) is 19.1 Å². The van der Waals surface area contributed by atoms with E-state index in [0.29, 0.717) is 25.2 Å². The number of rotatable bonds is 8. The van der Waals surface area contributed by atoms with Crippen molar-refractivity contribution >= 4 is 11.6 Å². The lowest BCUT2D eigenvalue weighted by Crippen LogP contribution is -2.12. The summed E-state index contributed by atoms with van der Waals surface area (Å²) in [4.78, 5) is 16.3. The molecule has 2 rings (SSSR count). The molecule has 1 amide bonds. The van der Waals surface area contributed by atoms with E-state index in [1.54, 1.807) is 6.07 Å². The summed E-state index contributed by atoms with van der Waals surface area (Å²) < 4.78 is 5.15. The predicted octanol–water partition coefficient (Wildman–Crippen LogP) is 2.78. The van der Waals surface area contributed by atoms with Crippen molar-refractivity contribution in [2.24, 2.45) is 0 Å². The van der Waals surface area contributed by atoms with E-state index < -0.39 is 0 Å². The maximum atomic E-state index is 12.0. The van der Waals surface area contributed by atoms with Crippen LogP contribution in [0.1, 0.15) is 49.0 Å². The molecule has 6 heteroatoms. The normalized spacial score (nSPS) is 10.7. The zero-order chi connectivity index (χ0) is 16.7. The van der Waals surface area contributed by atoms with Crippen molar-refractivity contribution in [1.82, 2.24) is 10.1 Å². The summed E-state index contributed by atoms with van der Waals surface area (Å²) in [5.41, 5.74) is 2.49. The number of carbonyl (C=O) groups is 1. The van der Waals surface area contributed by atoms with E-state index in [1.165, 1.54) is 0 Å². The Morgan fingerprint density at radius 2 is 2.17 bits per heavy atom. The maximum absolute atomic E-state index is 12.0. The van der Waals surface area contributed by atoms with Gasteiger partial charge in [0.15, 0.2) is 5.82 Å². The highest BCUT2D eigenvalue weighted by molar-refractivity contribution is 5.91. The fourth-order valence-electron chi connectivity index (χ4n) is 2.23. The minimum atomic E-state index is -0.0588. The van der Waals surface area contributed by atoms with Crippen molar-refractivity contribution in [3.05, 3.63) is 41.0 Å². The quantitative estimate of drug-likeness (QED) is 0.781. The zero-order valence-corrected chi connectivity index (χ0v) is 13.6. The Balaban J connectivity index is 1.80. The Morgan fingerprint density at radius 3 is 2.91 bits per heavy atom. The van der Waals surface area contributed by atoms with Crippen LogP contribution in [-0.4, -0.2) is 21.2 Å². The molecule has 124 valence electrons. The molecule has 1 heterocycles. The zero-order valence-electron chi connectivity index (χ0n) is 13.6. The Bertz CT molecular complexity index is 652. The Kier molecular flexibility index (Phi) is 6.29. The van der Waals surface area contributed by atoms with Crippen molar-refractivity contribution in [3.8, 4) is 0 Å². The van der Waals surface area contributed by atoms with Crippen LogP contribution in [0.25, 0.3) is 0 Å². The van der Waals surface area contributed by atoms with Gasteiger partial charge in [0.05, 0.1) is 6.61 Å². The number of aryl methyl sites for hydroxylation is 3. The van der Waals surface area contributed by atoms with Crippen LogP contribution in [0.3, 0.4) is 0 Å². The average Bonchev–Trinajstić information content (AvgIpc) is 2.97. The molecule has 0 aliphatic carbocycles. The molecule has 0 atom stereocenters. The Hall–Kier alpha value is -2.21. The summed E-state index contributed by atoms with van der Waals surface area (Å²) in [6.45, 7) is 3.94. The summed E-state index contributed by atoms with van der Waals surface area (Å²) >= 11 is 0. The molecule has 23 heavy (non-hydrogen) atoms. The van der Waals surface area contributed by atoms with Crippen LogP contribution in [0, 0.1) is 6.92 Å². The number of hydrogen-bond donors (Lipinski definition) is 2. The molecule has 2 N–H and O–H groups in total. The standard InChI is InChI=1S/C17H23N3O3/c1-3-5-15-19-17(23-20-15)7-4-6-16(22)18-14-10-13(11-21)9-8-12(14)2/h8-10,21H,3-7,11H2,1-2H3,(H,18,22). The molecule has 0 fully saturated rings. The summed E-state index contributed by atoms with van der Waals surface area (Å²) in [5.74, 6) is 1.25. The number of nitrogens with one attached hydrogen (secondary N) is 1. The van der Waals surface area contributed by atoms with Crippen molar-refractivity contribution in [1.29, 1.82) is 0 Å². The summed E-state index contributed by atoms with van der Waals surface area (Å²) in [7, 11) is 0. The van der Waals surface area contributed by atoms with Gasteiger partial charge in [-0.2, -0.15) is 4.98 Å². The van der Waals surface area contributed by atoms with Crippen LogP contribution in [0.4, 0.5) is 5.69 Å². The first kappa shape index (κ1) is 17.1. The monoisotopic (exact) mass is 317 g/mol. The summed E-state index contributed by atoms with van der Waals surface area (Å²) in [5, 5.41) is 15.9. The second kappa shape index (κ2) is 8.43. The lowest BCUT2D eigenvalue weighted by atomic mass is 10.1. The predicted molar refractivity (Wildman–Crippen MR) is 87.0 cm³/mol. The van der Waals surface area contributed by atoms with E-state index >= 15 is 0 Å². The molecule has 1 aromatic carbocycles. The van der Waals surface area contributed by atoms with Crippen LogP contribution >= 0.6 is 0 Å². The number of benzene rings is 1. The first-order chi connectivity index (χ1) is 11.1. The summed E-state index contributed by atoms with van der Waals surface area (Å²) in [6.07, 6.45) is 3.42. The fourth-order valence-corrected chi connectivity index (χ4v) is 2.23. The van der Waals surface area contributed by atoms with Crippen molar-refractivity contribution in [3.63, 3.8) is 0 Å². The van der Waals surface area contributed by atoms with Gasteiger partial charge >= 0.3 is 0 Å². The van der Waals surface area contributed by atoms with Gasteiger partial charge in [0, 0.05) is 24.9 Å². The van der Waals surface area contributed by atoms with Crippen LogP contribution in [-0.2, 0) is 24.2 Å². The number of hydrogen-bond acceptors (Lipinski definition) is 5. The van der Waals surface area contributed by atoms with Gasteiger partial charge in [0.25, 0.3) is 0 Å². The van der Waals surface area contributed by atoms with Crippen LogP contribution in [0.15, 0.2) is 22.7 Å². The van der Waals surface area contributed by atoms with E-state index in [-0.39, 0.29) is 12.5 Å². The minimum absolute atomic E-state index is 0.0413. The average molecular weight is 317 g/mol.